The molecule has 27 heavy (non-hydrogen) atoms. The number of rotatable bonds is 6. The molecule has 0 aliphatic rings. The summed E-state index contributed by atoms with van der Waals surface area (Å²) in [5.41, 5.74) is 7.20. The Kier molecular flexibility index (Phi) is 6.73. The SMILES string of the molecule is Cc1cccc(N(C=C(C=C[CH]=[W])c2ccccc2)c2cccc(C)c2)c1. The molecule has 0 N–H and O–H groups in total. The second kappa shape index (κ2) is 9.44. The minimum absolute atomic E-state index is 1.16. The van der Waals surface area contributed by atoms with Crippen molar-refractivity contribution in [3.8, 4) is 0 Å². The van der Waals surface area contributed by atoms with Crippen LogP contribution in [0.3, 0.4) is 0 Å². The van der Waals surface area contributed by atoms with Gasteiger partial charge in [-0.05, 0) is 0 Å². The topological polar surface area (TPSA) is 3.24 Å². The van der Waals surface area contributed by atoms with Gasteiger partial charge in [-0.1, -0.05) is 0 Å². The summed E-state index contributed by atoms with van der Waals surface area (Å²) in [6.45, 7) is 4.27. The predicted molar refractivity (Wildman–Crippen MR) is 114 cm³/mol. The summed E-state index contributed by atoms with van der Waals surface area (Å²) in [6, 6.07) is 27.8. The Morgan fingerprint density at radius 1 is 0.778 bits per heavy atom. The molecule has 0 saturated carbocycles. The Morgan fingerprint density at radius 2 is 1.37 bits per heavy atom. The number of anilines is 2. The van der Waals surface area contributed by atoms with E-state index in [2.05, 4.69) is 120 Å². The summed E-state index contributed by atoms with van der Waals surface area (Å²) >= 11 is 1.45. The molecule has 0 aromatic heterocycles. The van der Waals surface area contributed by atoms with E-state index >= 15 is 0 Å². The molecule has 3 rings (SSSR count). The van der Waals surface area contributed by atoms with Gasteiger partial charge >= 0.3 is 173 Å². The van der Waals surface area contributed by atoms with Crippen LogP contribution < -0.4 is 4.90 Å². The Morgan fingerprint density at radius 3 is 1.89 bits per heavy atom. The van der Waals surface area contributed by atoms with Gasteiger partial charge in [0, 0.05) is 0 Å². The molecule has 0 heterocycles. The van der Waals surface area contributed by atoms with Crippen LogP contribution in [0.25, 0.3) is 5.57 Å². The zero-order chi connectivity index (χ0) is 19.1. The van der Waals surface area contributed by atoms with E-state index in [0.29, 0.717) is 0 Å². The van der Waals surface area contributed by atoms with E-state index in [-0.39, 0.29) is 0 Å². The fourth-order valence-corrected chi connectivity index (χ4v) is 3.26. The Hall–Kier alpha value is -2.50. The monoisotopic (exact) mass is 521 g/mol. The quantitative estimate of drug-likeness (QED) is 0.340. The van der Waals surface area contributed by atoms with Gasteiger partial charge in [0.25, 0.3) is 0 Å². The molecule has 0 aliphatic carbocycles. The third-order valence-electron chi connectivity index (χ3n) is 4.29. The summed E-state index contributed by atoms with van der Waals surface area (Å²) in [5, 5.41) is 0. The molecule has 0 saturated heterocycles. The number of nitrogens with zero attached hydrogens (tertiary/aromatic N) is 1. The second-order valence-corrected chi connectivity index (χ2v) is 7.47. The van der Waals surface area contributed by atoms with Gasteiger partial charge in [-0.25, -0.2) is 0 Å². The molecule has 0 spiro atoms. The van der Waals surface area contributed by atoms with Crippen LogP contribution in [0.5, 0.6) is 0 Å². The average Bonchev–Trinajstić information content (AvgIpc) is 2.69. The molecule has 3 aromatic rings. The Balaban J connectivity index is 2.17. The molecule has 1 nitrogen and oxygen atoms in total. The molecule has 0 bridgehead atoms. The van der Waals surface area contributed by atoms with Crippen molar-refractivity contribution in [3.63, 3.8) is 0 Å². The first-order valence-corrected chi connectivity index (χ1v) is 10.7. The van der Waals surface area contributed by atoms with Crippen LogP contribution in [0.1, 0.15) is 16.7 Å². The number of hydrogen-bond donors (Lipinski definition) is 0. The van der Waals surface area contributed by atoms with E-state index in [4.69, 9.17) is 0 Å². The third kappa shape index (κ3) is 5.25. The normalized spacial score (nSPS) is 11.6. The molecule has 134 valence electrons. The van der Waals surface area contributed by atoms with Gasteiger partial charge in [-0.15, -0.1) is 0 Å². The van der Waals surface area contributed by atoms with Crippen molar-refractivity contribution in [1.29, 1.82) is 0 Å². The summed E-state index contributed by atoms with van der Waals surface area (Å²) < 4.78 is 2.14. The zero-order valence-electron chi connectivity index (χ0n) is 15.7. The van der Waals surface area contributed by atoms with E-state index in [0.717, 1.165) is 11.4 Å². The fraction of sp³-hybridized carbons (Fsp3) is 0.0800. The molecule has 0 fully saturated rings. The van der Waals surface area contributed by atoms with E-state index in [1.165, 1.54) is 41.6 Å². The summed E-state index contributed by atoms with van der Waals surface area (Å²) in [6.07, 6.45) is 6.54. The van der Waals surface area contributed by atoms with E-state index in [9.17, 15) is 0 Å². The number of benzene rings is 3. The van der Waals surface area contributed by atoms with Crippen LogP contribution in [0.15, 0.2) is 97.2 Å². The standard InChI is InChI=1S/C25H23N.W/c1-4-10-23(22-13-6-5-7-14-22)19-26(24-15-8-11-20(2)17-24)25-16-9-12-21(3)18-25;/h1,4-19H,2-3H3;. The maximum absolute atomic E-state index is 2.27. The van der Waals surface area contributed by atoms with Crippen molar-refractivity contribution in [3.05, 3.63) is 114 Å². The van der Waals surface area contributed by atoms with Crippen molar-refractivity contribution in [2.24, 2.45) is 0 Å². The van der Waals surface area contributed by atoms with Crippen LogP contribution in [-0.2, 0) is 19.4 Å². The van der Waals surface area contributed by atoms with Crippen molar-refractivity contribution in [1.82, 2.24) is 0 Å². The average molecular weight is 521 g/mol. The molecule has 2 heteroatoms. The van der Waals surface area contributed by atoms with Crippen molar-refractivity contribution in [2.45, 2.75) is 13.8 Å². The van der Waals surface area contributed by atoms with Gasteiger partial charge in [0.15, 0.2) is 0 Å². The van der Waals surface area contributed by atoms with Crippen LogP contribution in [-0.4, -0.2) is 4.40 Å². The molecule has 0 unspecified atom stereocenters. The first-order chi connectivity index (χ1) is 13.2. The van der Waals surface area contributed by atoms with Gasteiger partial charge in [0.05, 0.1) is 0 Å². The van der Waals surface area contributed by atoms with Crippen molar-refractivity contribution >= 4 is 21.3 Å². The number of allylic oxidation sites excluding steroid dienone is 3. The number of aryl methyl sites for hydroxylation is 2. The molecule has 0 radical (unpaired) electrons. The molecular weight excluding hydrogens is 498 g/mol. The molecule has 3 aromatic carbocycles. The third-order valence-corrected chi connectivity index (χ3v) is 4.85. The Labute approximate surface area is 173 Å². The van der Waals surface area contributed by atoms with Gasteiger partial charge in [-0.2, -0.15) is 0 Å². The van der Waals surface area contributed by atoms with Crippen molar-refractivity contribution < 1.29 is 19.4 Å². The van der Waals surface area contributed by atoms with Gasteiger partial charge < -0.3 is 0 Å². The van der Waals surface area contributed by atoms with E-state index in [1.54, 1.807) is 0 Å². The van der Waals surface area contributed by atoms with Gasteiger partial charge in [0.1, 0.15) is 0 Å². The fourth-order valence-electron chi connectivity index (χ4n) is 2.98. The predicted octanol–water partition coefficient (Wildman–Crippen LogP) is 6.39. The first kappa shape index (κ1) is 19.3. The van der Waals surface area contributed by atoms with Crippen LogP contribution >= 0.6 is 0 Å². The summed E-state index contributed by atoms with van der Waals surface area (Å²) in [5.74, 6) is 0. The summed E-state index contributed by atoms with van der Waals surface area (Å²) in [4.78, 5) is 2.27. The second-order valence-electron chi connectivity index (χ2n) is 6.49. The molecule has 0 atom stereocenters. The Bertz CT molecular complexity index is 925. The molecule has 0 aliphatic heterocycles. The van der Waals surface area contributed by atoms with Crippen LogP contribution in [0.4, 0.5) is 11.4 Å². The molecule has 0 amide bonds. The van der Waals surface area contributed by atoms with Gasteiger partial charge in [0.2, 0.25) is 0 Å². The molecular formula is C25H23NW. The first-order valence-electron chi connectivity index (χ1n) is 8.99. The number of hydrogen-bond acceptors (Lipinski definition) is 1. The minimum atomic E-state index is 1.16. The zero-order valence-corrected chi connectivity index (χ0v) is 18.6. The van der Waals surface area contributed by atoms with Crippen molar-refractivity contribution in [2.75, 3.05) is 4.90 Å². The van der Waals surface area contributed by atoms with Crippen LogP contribution in [0, 0.1) is 13.8 Å². The van der Waals surface area contributed by atoms with Crippen LogP contribution in [0.2, 0.25) is 0 Å². The van der Waals surface area contributed by atoms with E-state index < -0.39 is 0 Å². The summed E-state index contributed by atoms with van der Waals surface area (Å²) in [7, 11) is 0. The van der Waals surface area contributed by atoms with Gasteiger partial charge in [-0.3, -0.25) is 0 Å². The van der Waals surface area contributed by atoms with E-state index in [1.807, 2.05) is 0 Å². The maximum atomic E-state index is 2.27.